The summed E-state index contributed by atoms with van der Waals surface area (Å²) in [5.41, 5.74) is 9.65. The molecule has 0 fully saturated rings. The first-order valence-corrected chi connectivity index (χ1v) is 5.66. The fraction of sp³-hybridized carbons (Fsp3) is 0.286. The Hall–Kier alpha value is -1.90. The van der Waals surface area contributed by atoms with E-state index in [9.17, 15) is 0 Å². The van der Waals surface area contributed by atoms with Crippen LogP contribution < -0.4 is 5.73 Å². The Kier molecular flexibility index (Phi) is 2.84. The normalized spacial score (nSPS) is 11.5. The zero-order valence-corrected chi connectivity index (χ0v) is 10.4. The molecule has 0 saturated heterocycles. The first kappa shape index (κ1) is 11.6. The van der Waals surface area contributed by atoms with Crippen LogP contribution in [0.4, 0.5) is 5.69 Å². The van der Waals surface area contributed by atoms with Crippen LogP contribution in [0.25, 0.3) is 11.3 Å². The molecule has 88 valence electrons. The third kappa shape index (κ3) is 2.61. The standard InChI is InChI=1S/C14H17N3/c1-14(2,3)11-6-4-10(5-7-11)13-8-12(15)9-16-17-13/h4-9H,1-3H3,(H2,15,17). The van der Waals surface area contributed by atoms with Crippen LogP contribution in [0, 0.1) is 0 Å². The summed E-state index contributed by atoms with van der Waals surface area (Å²) < 4.78 is 0. The van der Waals surface area contributed by atoms with Gasteiger partial charge in [0.25, 0.3) is 0 Å². The van der Waals surface area contributed by atoms with E-state index in [1.54, 1.807) is 6.20 Å². The Morgan fingerprint density at radius 3 is 2.24 bits per heavy atom. The van der Waals surface area contributed by atoms with Crippen LogP contribution >= 0.6 is 0 Å². The molecular weight excluding hydrogens is 210 g/mol. The highest BCUT2D eigenvalue weighted by Crippen LogP contribution is 2.25. The lowest BCUT2D eigenvalue weighted by Crippen LogP contribution is -2.10. The van der Waals surface area contributed by atoms with Crippen LogP contribution in [0.2, 0.25) is 0 Å². The number of benzene rings is 1. The number of nitrogens with two attached hydrogens (primary N) is 1. The molecule has 1 aromatic carbocycles. The molecule has 0 atom stereocenters. The minimum atomic E-state index is 0.167. The third-order valence-corrected chi connectivity index (χ3v) is 2.72. The van der Waals surface area contributed by atoms with E-state index in [1.807, 2.05) is 6.07 Å². The summed E-state index contributed by atoms with van der Waals surface area (Å²) in [4.78, 5) is 0. The van der Waals surface area contributed by atoms with Crippen molar-refractivity contribution in [2.75, 3.05) is 5.73 Å². The summed E-state index contributed by atoms with van der Waals surface area (Å²) in [5.74, 6) is 0. The van der Waals surface area contributed by atoms with Crippen LogP contribution in [0.15, 0.2) is 36.5 Å². The molecule has 0 aliphatic heterocycles. The monoisotopic (exact) mass is 227 g/mol. The topological polar surface area (TPSA) is 51.8 Å². The molecule has 0 unspecified atom stereocenters. The zero-order chi connectivity index (χ0) is 12.5. The highest BCUT2D eigenvalue weighted by Gasteiger charge is 2.13. The van der Waals surface area contributed by atoms with E-state index in [2.05, 4.69) is 55.2 Å². The van der Waals surface area contributed by atoms with Gasteiger partial charge in [0.2, 0.25) is 0 Å². The molecule has 0 radical (unpaired) electrons. The molecule has 2 rings (SSSR count). The molecule has 17 heavy (non-hydrogen) atoms. The van der Waals surface area contributed by atoms with E-state index < -0.39 is 0 Å². The van der Waals surface area contributed by atoms with Crippen molar-refractivity contribution in [1.29, 1.82) is 0 Å². The lowest BCUT2D eigenvalue weighted by Gasteiger charge is -2.19. The molecule has 3 heteroatoms. The Morgan fingerprint density at radius 2 is 1.71 bits per heavy atom. The quantitative estimate of drug-likeness (QED) is 0.814. The lowest BCUT2D eigenvalue weighted by molar-refractivity contribution is 0.590. The number of nitrogen functional groups attached to an aromatic ring is 1. The summed E-state index contributed by atoms with van der Waals surface area (Å²) in [5, 5.41) is 7.93. The van der Waals surface area contributed by atoms with E-state index in [0.717, 1.165) is 11.3 Å². The molecule has 0 spiro atoms. The minimum Gasteiger partial charge on any atom is -0.397 e. The summed E-state index contributed by atoms with van der Waals surface area (Å²) in [6, 6.07) is 10.2. The van der Waals surface area contributed by atoms with Gasteiger partial charge in [-0.15, -0.1) is 0 Å². The maximum absolute atomic E-state index is 5.69. The van der Waals surface area contributed by atoms with Crippen molar-refractivity contribution in [3.8, 4) is 11.3 Å². The van der Waals surface area contributed by atoms with Gasteiger partial charge in [0, 0.05) is 5.56 Å². The molecule has 0 saturated carbocycles. The molecule has 0 aliphatic rings. The van der Waals surface area contributed by atoms with Gasteiger partial charge in [-0.25, -0.2) is 0 Å². The molecular formula is C14H17N3. The van der Waals surface area contributed by atoms with Crippen LogP contribution in [-0.4, -0.2) is 10.2 Å². The molecule has 1 heterocycles. The molecule has 2 N–H and O–H groups in total. The summed E-state index contributed by atoms with van der Waals surface area (Å²) >= 11 is 0. The maximum atomic E-state index is 5.69. The van der Waals surface area contributed by atoms with Crippen molar-refractivity contribution >= 4 is 5.69 Å². The van der Waals surface area contributed by atoms with Crippen molar-refractivity contribution in [2.24, 2.45) is 0 Å². The second-order valence-corrected chi connectivity index (χ2v) is 5.20. The number of rotatable bonds is 1. The second-order valence-electron chi connectivity index (χ2n) is 5.20. The van der Waals surface area contributed by atoms with Crippen LogP contribution in [0.3, 0.4) is 0 Å². The van der Waals surface area contributed by atoms with Crippen molar-refractivity contribution in [3.63, 3.8) is 0 Å². The molecule has 0 amide bonds. The van der Waals surface area contributed by atoms with Gasteiger partial charge in [0.15, 0.2) is 0 Å². The van der Waals surface area contributed by atoms with Gasteiger partial charge in [-0.2, -0.15) is 10.2 Å². The van der Waals surface area contributed by atoms with Crippen LogP contribution in [0.1, 0.15) is 26.3 Å². The Labute approximate surface area is 102 Å². The molecule has 1 aromatic heterocycles. The van der Waals surface area contributed by atoms with Gasteiger partial charge >= 0.3 is 0 Å². The van der Waals surface area contributed by atoms with Crippen molar-refractivity contribution in [3.05, 3.63) is 42.1 Å². The Morgan fingerprint density at radius 1 is 1.06 bits per heavy atom. The molecule has 3 nitrogen and oxygen atoms in total. The first-order valence-electron chi connectivity index (χ1n) is 5.66. The van der Waals surface area contributed by atoms with E-state index in [-0.39, 0.29) is 5.41 Å². The van der Waals surface area contributed by atoms with E-state index in [4.69, 9.17) is 5.73 Å². The predicted octanol–water partition coefficient (Wildman–Crippen LogP) is 3.02. The predicted molar refractivity (Wildman–Crippen MR) is 70.6 cm³/mol. The van der Waals surface area contributed by atoms with Crippen molar-refractivity contribution < 1.29 is 0 Å². The number of hydrogen-bond donors (Lipinski definition) is 1. The molecule has 0 bridgehead atoms. The van der Waals surface area contributed by atoms with Gasteiger partial charge in [-0.1, -0.05) is 45.0 Å². The number of aromatic nitrogens is 2. The van der Waals surface area contributed by atoms with E-state index in [1.165, 1.54) is 5.56 Å². The number of hydrogen-bond acceptors (Lipinski definition) is 3. The Balaban J connectivity index is 2.36. The van der Waals surface area contributed by atoms with Crippen LogP contribution in [0.5, 0.6) is 0 Å². The van der Waals surface area contributed by atoms with Crippen molar-refractivity contribution in [1.82, 2.24) is 10.2 Å². The maximum Gasteiger partial charge on any atom is 0.0950 e. The van der Waals surface area contributed by atoms with Gasteiger partial charge in [0.05, 0.1) is 17.6 Å². The van der Waals surface area contributed by atoms with Crippen LogP contribution in [-0.2, 0) is 5.41 Å². The average molecular weight is 227 g/mol. The number of nitrogens with zero attached hydrogens (tertiary/aromatic N) is 2. The summed E-state index contributed by atoms with van der Waals surface area (Å²) in [6.07, 6.45) is 1.55. The molecule has 2 aromatic rings. The fourth-order valence-electron chi connectivity index (χ4n) is 1.66. The smallest absolute Gasteiger partial charge is 0.0950 e. The average Bonchev–Trinajstić information content (AvgIpc) is 2.28. The zero-order valence-electron chi connectivity index (χ0n) is 10.4. The van der Waals surface area contributed by atoms with E-state index >= 15 is 0 Å². The van der Waals surface area contributed by atoms with Gasteiger partial charge in [-0.3, -0.25) is 0 Å². The SMILES string of the molecule is CC(C)(C)c1ccc(-c2cc(N)cnn2)cc1. The fourth-order valence-corrected chi connectivity index (χ4v) is 1.66. The minimum absolute atomic E-state index is 0.167. The third-order valence-electron chi connectivity index (χ3n) is 2.72. The number of anilines is 1. The highest BCUT2D eigenvalue weighted by atomic mass is 15.1. The molecule has 0 aliphatic carbocycles. The highest BCUT2D eigenvalue weighted by molar-refractivity contribution is 5.62. The van der Waals surface area contributed by atoms with Gasteiger partial charge < -0.3 is 5.73 Å². The van der Waals surface area contributed by atoms with E-state index in [0.29, 0.717) is 5.69 Å². The van der Waals surface area contributed by atoms with Gasteiger partial charge in [0.1, 0.15) is 0 Å². The first-order chi connectivity index (χ1) is 7.97. The lowest BCUT2D eigenvalue weighted by atomic mass is 9.86. The summed E-state index contributed by atoms with van der Waals surface area (Å²) in [6.45, 7) is 6.59. The van der Waals surface area contributed by atoms with Gasteiger partial charge in [-0.05, 0) is 17.0 Å². The Bertz CT molecular complexity index is 510. The largest absolute Gasteiger partial charge is 0.397 e. The summed E-state index contributed by atoms with van der Waals surface area (Å²) in [7, 11) is 0. The second kappa shape index (κ2) is 4.17. The van der Waals surface area contributed by atoms with Crippen molar-refractivity contribution in [2.45, 2.75) is 26.2 Å².